The predicted octanol–water partition coefficient (Wildman–Crippen LogP) is -1.76. The lowest BCUT2D eigenvalue weighted by Crippen LogP contribution is -2.66. The summed E-state index contributed by atoms with van der Waals surface area (Å²) < 4.78 is 33.2. The van der Waals surface area contributed by atoms with Crippen LogP contribution in [-0.2, 0) is 47.6 Å². The number of hydrogen-bond donors (Lipinski definition) is 3. The van der Waals surface area contributed by atoms with Crippen LogP contribution in [-0.4, -0.2) is 146 Å². The van der Waals surface area contributed by atoms with Crippen molar-refractivity contribution in [1.82, 2.24) is 10.2 Å². The maximum atomic E-state index is 12.4. The molecule has 3 aliphatic rings. The van der Waals surface area contributed by atoms with Crippen LogP contribution in [0.15, 0.2) is 0 Å². The maximum Gasteiger partial charge on any atom is 0.242 e. The van der Waals surface area contributed by atoms with E-state index >= 15 is 0 Å². The van der Waals surface area contributed by atoms with Gasteiger partial charge in [-0.15, -0.1) is 11.8 Å². The predicted molar refractivity (Wildman–Crippen MR) is 139 cm³/mol. The monoisotopic (exact) mass is 592 g/mol. The summed E-state index contributed by atoms with van der Waals surface area (Å²) >= 11 is 1.34. The van der Waals surface area contributed by atoms with Crippen molar-refractivity contribution in [3.8, 4) is 0 Å². The van der Waals surface area contributed by atoms with Crippen LogP contribution in [0.4, 0.5) is 0 Å². The van der Waals surface area contributed by atoms with Crippen molar-refractivity contribution in [2.24, 2.45) is 0 Å². The minimum atomic E-state index is -1.30. The molecule has 15 heteroatoms. The van der Waals surface area contributed by atoms with Gasteiger partial charge in [0, 0.05) is 25.5 Å². The number of ether oxygens (including phenoxy) is 6. The lowest BCUT2D eigenvalue weighted by Gasteiger charge is -2.42. The molecule has 3 heterocycles. The fourth-order valence-electron chi connectivity index (χ4n) is 4.50. The molecule has 6 atom stereocenters. The Balaban J connectivity index is 1.15. The number of carbonyl (C=O) groups excluding carboxylic acids is 4. The van der Waals surface area contributed by atoms with Crippen molar-refractivity contribution in [3.05, 3.63) is 0 Å². The summed E-state index contributed by atoms with van der Waals surface area (Å²) in [5.41, 5.74) is -1.21. The molecular formula is C25H40N2O12S. The first-order valence-electron chi connectivity index (χ1n) is 13.3. The van der Waals surface area contributed by atoms with Gasteiger partial charge in [0.1, 0.15) is 29.6 Å². The number of nitrogens with zero attached hydrogens (tertiary/aromatic N) is 1. The van der Waals surface area contributed by atoms with Crippen molar-refractivity contribution >= 4 is 35.3 Å². The highest BCUT2D eigenvalue weighted by Gasteiger charge is 2.59. The third-order valence-electron chi connectivity index (χ3n) is 6.63. The standard InChI is InChI=1S/C25H40N2O12S/c1-16(28)3-12-40-18-13-19(30)27(23(18)33)4-5-34-6-7-35-8-9-36-10-11-37-14-25-15-38-24(39-25)20(26-17(2)29)21(31)22(25)32/h18,20-22,24,31-32H,3-15H2,1-2H3,(H,26,29)/t18?,20-,21?,22?,24-,25-/m0/s1. The van der Waals surface area contributed by atoms with Crippen LogP contribution in [0.1, 0.15) is 26.7 Å². The van der Waals surface area contributed by atoms with Crippen LogP contribution >= 0.6 is 11.8 Å². The molecule has 0 spiro atoms. The summed E-state index contributed by atoms with van der Waals surface area (Å²) in [6.07, 6.45) is -2.87. The van der Waals surface area contributed by atoms with Gasteiger partial charge >= 0.3 is 0 Å². The van der Waals surface area contributed by atoms with E-state index in [0.717, 1.165) is 0 Å². The Morgan fingerprint density at radius 1 is 1.02 bits per heavy atom. The van der Waals surface area contributed by atoms with Crippen molar-refractivity contribution < 1.29 is 57.8 Å². The number of likely N-dealkylation sites (tertiary alicyclic amines) is 1. The van der Waals surface area contributed by atoms with E-state index in [2.05, 4.69) is 5.32 Å². The molecule has 0 radical (unpaired) electrons. The Labute approximate surface area is 237 Å². The highest BCUT2D eigenvalue weighted by Crippen LogP contribution is 2.37. The fourth-order valence-corrected chi connectivity index (χ4v) is 5.72. The third kappa shape index (κ3) is 9.16. The molecule has 3 fully saturated rings. The van der Waals surface area contributed by atoms with Crippen LogP contribution < -0.4 is 5.32 Å². The van der Waals surface area contributed by atoms with E-state index < -0.39 is 35.4 Å². The molecule has 0 saturated carbocycles. The van der Waals surface area contributed by atoms with Crippen LogP contribution in [0.3, 0.4) is 0 Å². The first kappa shape index (κ1) is 32.8. The normalized spacial score (nSPS) is 29.8. The first-order valence-corrected chi connectivity index (χ1v) is 14.4. The van der Waals surface area contributed by atoms with E-state index in [4.69, 9.17) is 28.4 Å². The summed E-state index contributed by atoms with van der Waals surface area (Å²) in [4.78, 5) is 48.0. The summed E-state index contributed by atoms with van der Waals surface area (Å²) in [6.45, 7) is 5.02. The fraction of sp³-hybridized carbons (Fsp3) is 0.840. The second-order valence-corrected chi connectivity index (χ2v) is 11.1. The van der Waals surface area contributed by atoms with Crippen molar-refractivity contribution in [1.29, 1.82) is 0 Å². The third-order valence-corrected chi connectivity index (χ3v) is 7.84. The molecule has 3 unspecified atom stereocenters. The Morgan fingerprint density at radius 3 is 2.27 bits per heavy atom. The Kier molecular flexibility index (Phi) is 13.2. The van der Waals surface area contributed by atoms with E-state index in [1.54, 1.807) is 0 Å². The number of imide groups is 1. The summed E-state index contributed by atoms with van der Waals surface area (Å²) in [6, 6.07) is -0.864. The molecule has 0 aromatic rings. The van der Waals surface area contributed by atoms with Gasteiger partial charge in [0.05, 0.1) is 71.3 Å². The number of fused-ring (bicyclic) bond motifs is 2. The van der Waals surface area contributed by atoms with Crippen LogP contribution in [0, 0.1) is 0 Å². The molecule has 228 valence electrons. The van der Waals surface area contributed by atoms with Crippen LogP contribution in [0.5, 0.6) is 0 Å². The summed E-state index contributed by atoms with van der Waals surface area (Å²) in [7, 11) is 0. The SMILES string of the molecule is CC(=O)CCSC1CC(=O)N(CCOCCOCCOCCOC[C@@]23CO[C@@H](O2)[C@@H](NC(C)=O)C(O)C3O)C1=O. The molecular weight excluding hydrogens is 552 g/mol. The van der Waals surface area contributed by atoms with Crippen LogP contribution in [0.2, 0.25) is 0 Å². The minimum Gasteiger partial charge on any atom is -0.388 e. The molecule has 3 N–H and O–H groups in total. The van der Waals surface area contributed by atoms with E-state index in [1.165, 1.54) is 30.5 Å². The first-order chi connectivity index (χ1) is 19.1. The van der Waals surface area contributed by atoms with Gasteiger partial charge in [-0.1, -0.05) is 0 Å². The average molecular weight is 593 g/mol. The Morgan fingerprint density at radius 2 is 1.65 bits per heavy atom. The van der Waals surface area contributed by atoms with Gasteiger partial charge in [0.25, 0.3) is 0 Å². The summed E-state index contributed by atoms with van der Waals surface area (Å²) in [5.74, 6) is -0.226. The molecule has 0 aromatic carbocycles. The Bertz CT molecular complexity index is 879. The maximum absolute atomic E-state index is 12.4. The minimum absolute atomic E-state index is 0.0142. The molecule has 3 rings (SSSR count). The number of aliphatic hydroxyl groups is 2. The number of thioether (sulfide) groups is 1. The van der Waals surface area contributed by atoms with Gasteiger partial charge in [-0.05, 0) is 6.92 Å². The molecule has 40 heavy (non-hydrogen) atoms. The van der Waals surface area contributed by atoms with Gasteiger partial charge in [-0.3, -0.25) is 24.1 Å². The average Bonchev–Trinajstić information content (AvgIpc) is 3.43. The number of Topliss-reactive ketones (excluding diaryl/α,β-unsaturated/α-hetero) is 1. The number of rotatable bonds is 19. The molecule has 3 amide bonds. The van der Waals surface area contributed by atoms with Gasteiger partial charge in [0.2, 0.25) is 17.7 Å². The molecule has 0 aromatic heterocycles. The summed E-state index contributed by atoms with van der Waals surface area (Å²) in [5, 5.41) is 23.0. The smallest absolute Gasteiger partial charge is 0.242 e. The lowest BCUT2D eigenvalue weighted by molar-refractivity contribution is -0.238. The van der Waals surface area contributed by atoms with Crippen molar-refractivity contribution in [3.63, 3.8) is 0 Å². The number of aliphatic hydroxyl groups excluding tert-OH is 2. The largest absolute Gasteiger partial charge is 0.388 e. The number of carbonyl (C=O) groups is 4. The number of ketones is 1. The second kappa shape index (κ2) is 16.1. The highest BCUT2D eigenvalue weighted by atomic mass is 32.2. The molecule has 3 aliphatic heterocycles. The highest BCUT2D eigenvalue weighted by molar-refractivity contribution is 8.00. The van der Waals surface area contributed by atoms with E-state index in [9.17, 15) is 29.4 Å². The van der Waals surface area contributed by atoms with Gasteiger partial charge in [0.15, 0.2) is 6.29 Å². The zero-order chi connectivity index (χ0) is 29.1. The van der Waals surface area contributed by atoms with Crippen LogP contribution in [0.25, 0.3) is 0 Å². The Hall–Kier alpha value is -1.69. The second-order valence-electron chi connectivity index (χ2n) is 9.81. The van der Waals surface area contributed by atoms with Crippen molar-refractivity contribution in [2.45, 2.75) is 62.1 Å². The molecule has 14 nitrogen and oxygen atoms in total. The number of amides is 3. The van der Waals surface area contributed by atoms with E-state index in [0.29, 0.717) is 38.6 Å². The van der Waals surface area contributed by atoms with Gasteiger partial charge in [-0.25, -0.2) is 0 Å². The number of nitrogens with one attached hydrogen (secondary N) is 1. The van der Waals surface area contributed by atoms with Crippen molar-refractivity contribution in [2.75, 3.05) is 71.8 Å². The molecule has 0 aliphatic carbocycles. The quantitative estimate of drug-likeness (QED) is 0.114. The van der Waals surface area contributed by atoms with E-state index in [-0.39, 0.29) is 69.5 Å². The number of hydrogen-bond acceptors (Lipinski definition) is 13. The zero-order valence-corrected chi connectivity index (χ0v) is 23.7. The lowest BCUT2D eigenvalue weighted by atomic mass is 9.88. The zero-order valence-electron chi connectivity index (χ0n) is 22.9. The van der Waals surface area contributed by atoms with Gasteiger partial charge in [-0.2, -0.15) is 0 Å². The molecule has 2 bridgehead atoms. The topological polar surface area (TPSA) is 179 Å². The van der Waals surface area contributed by atoms with Gasteiger partial charge < -0.3 is 44.0 Å². The van der Waals surface area contributed by atoms with E-state index in [1.807, 2.05) is 0 Å². The molecule has 3 saturated heterocycles.